The summed E-state index contributed by atoms with van der Waals surface area (Å²) in [5.74, 6) is -0.557. The summed E-state index contributed by atoms with van der Waals surface area (Å²) < 4.78 is 3.84. The van der Waals surface area contributed by atoms with E-state index >= 15 is 0 Å². The number of rotatable bonds is 2. The average molecular weight is 346 g/mol. The molecule has 1 heterocycles. The van der Waals surface area contributed by atoms with E-state index in [0.717, 1.165) is 11.5 Å². The van der Waals surface area contributed by atoms with Gasteiger partial charge in [-0.05, 0) is 23.7 Å². The topological polar surface area (TPSA) is 75.1 Å². The smallest absolute Gasteiger partial charge is 0.269 e. The van der Waals surface area contributed by atoms with Gasteiger partial charge in [0.25, 0.3) is 5.91 Å². The number of amides is 1. The Kier molecular flexibility index (Phi) is 4.41. The second-order valence-corrected chi connectivity index (χ2v) is 7.01. The van der Waals surface area contributed by atoms with Crippen molar-refractivity contribution in [3.63, 3.8) is 0 Å². The van der Waals surface area contributed by atoms with Crippen LogP contribution in [0.4, 0.5) is 5.69 Å². The van der Waals surface area contributed by atoms with E-state index in [1.807, 2.05) is 20.8 Å². The molecule has 1 amide bonds. The van der Waals surface area contributed by atoms with Crippen molar-refractivity contribution in [1.82, 2.24) is 9.59 Å². The van der Waals surface area contributed by atoms with Crippen LogP contribution in [-0.4, -0.2) is 20.6 Å². The first-order valence-electron chi connectivity index (χ1n) is 6.02. The Bertz CT molecular complexity index is 672. The zero-order valence-electron chi connectivity index (χ0n) is 11.6. The van der Waals surface area contributed by atoms with Crippen LogP contribution < -0.4 is 5.32 Å². The molecule has 2 rings (SSSR count). The number of aromatic hydroxyl groups is 1. The molecule has 0 spiro atoms. The van der Waals surface area contributed by atoms with E-state index in [0.29, 0.717) is 16.3 Å². The Morgan fingerprint density at radius 3 is 2.38 bits per heavy atom. The van der Waals surface area contributed by atoms with Gasteiger partial charge in [-0.3, -0.25) is 4.79 Å². The number of carbonyl (C=O) groups excluding carboxylic acids is 1. The molecule has 0 fully saturated rings. The molecule has 0 saturated heterocycles. The fourth-order valence-corrected chi connectivity index (χ4v) is 2.91. The molecule has 0 radical (unpaired) electrons. The lowest BCUT2D eigenvalue weighted by Gasteiger charge is -2.16. The zero-order chi connectivity index (χ0) is 15.8. The van der Waals surface area contributed by atoms with Crippen LogP contribution >= 0.6 is 34.7 Å². The molecular weight excluding hydrogens is 333 g/mol. The molecule has 0 aliphatic carbocycles. The van der Waals surface area contributed by atoms with Crippen LogP contribution in [-0.2, 0) is 5.41 Å². The summed E-state index contributed by atoms with van der Waals surface area (Å²) in [6, 6.07) is 2.85. The summed E-state index contributed by atoms with van der Waals surface area (Å²) in [5, 5.41) is 16.3. The van der Waals surface area contributed by atoms with Gasteiger partial charge >= 0.3 is 0 Å². The fourth-order valence-electron chi connectivity index (χ4n) is 1.66. The van der Waals surface area contributed by atoms with Crippen molar-refractivity contribution >= 4 is 46.3 Å². The van der Waals surface area contributed by atoms with E-state index in [9.17, 15) is 9.90 Å². The quantitative estimate of drug-likeness (QED) is 0.803. The van der Waals surface area contributed by atoms with E-state index in [1.54, 1.807) is 0 Å². The summed E-state index contributed by atoms with van der Waals surface area (Å²) in [4.78, 5) is 12.8. The Hall–Kier alpha value is -1.37. The molecule has 2 aromatic rings. The lowest BCUT2D eigenvalue weighted by atomic mass is 9.91. The summed E-state index contributed by atoms with van der Waals surface area (Å²) in [5.41, 5.74) is 0.728. The summed E-state index contributed by atoms with van der Waals surface area (Å²) in [7, 11) is 0. The van der Waals surface area contributed by atoms with Crippen molar-refractivity contribution in [3.05, 3.63) is 32.7 Å². The number of benzene rings is 1. The van der Waals surface area contributed by atoms with Crippen molar-refractivity contribution in [2.45, 2.75) is 26.2 Å². The third-order valence-corrected chi connectivity index (χ3v) is 3.98. The van der Waals surface area contributed by atoms with E-state index in [1.165, 1.54) is 12.1 Å². The molecular formula is C13H13Cl2N3O2S. The highest BCUT2D eigenvalue weighted by atomic mass is 35.5. The molecule has 0 atom stereocenters. The van der Waals surface area contributed by atoms with Gasteiger partial charge in [0.1, 0.15) is 4.88 Å². The van der Waals surface area contributed by atoms with Crippen molar-refractivity contribution in [3.8, 4) is 5.75 Å². The number of hydrogen-bond donors (Lipinski definition) is 2. The zero-order valence-corrected chi connectivity index (χ0v) is 13.9. The molecule has 0 saturated carbocycles. The second-order valence-electron chi connectivity index (χ2n) is 5.44. The Morgan fingerprint density at radius 2 is 1.86 bits per heavy atom. The minimum Gasteiger partial charge on any atom is -0.505 e. The number of nitrogens with one attached hydrogen (secondary N) is 1. The highest BCUT2D eigenvalue weighted by molar-refractivity contribution is 7.08. The van der Waals surface area contributed by atoms with Gasteiger partial charge < -0.3 is 10.4 Å². The van der Waals surface area contributed by atoms with Crippen LogP contribution in [0, 0.1) is 0 Å². The number of nitrogens with zero attached hydrogens (tertiary/aromatic N) is 2. The predicted octanol–water partition coefficient (Wildman–Crippen LogP) is 4.10. The van der Waals surface area contributed by atoms with Crippen LogP contribution in [0.3, 0.4) is 0 Å². The number of halogens is 2. The van der Waals surface area contributed by atoms with Crippen LogP contribution in [0.5, 0.6) is 5.75 Å². The minimum absolute atomic E-state index is 0.0660. The van der Waals surface area contributed by atoms with Crippen LogP contribution in [0.25, 0.3) is 0 Å². The SMILES string of the molecule is CC(C)(C)c1nnsc1C(=O)Nc1cc(Cl)c(O)c(Cl)c1. The average Bonchev–Trinajstić information content (AvgIpc) is 2.84. The third-order valence-electron chi connectivity index (χ3n) is 2.68. The Balaban J connectivity index is 2.29. The Morgan fingerprint density at radius 1 is 1.29 bits per heavy atom. The first-order chi connectivity index (χ1) is 9.70. The standard InChI is InChI=1S/C13H13Cl2N3O2S/c1-13(2,3)11-10(21-18-17-11)12(20)16-6-4-7(14)9(19)8(15)5-6/h4-5,19H,1-3H3,(H,16,20). The molecule has 8 heteroatoms. The number of aromatic nitrogens is 2. The maximum Gasteiger partial charge on any atom is 0.269 e. The van der Waals surface area contributed by atoms with Gasteiger partial charge in [0.15, 0.2) is 5.75 Å². The van der Waals surface area contributed by atoms with Gasteiger partial charge in [-0.2, -0.15) is 0 Å². The number of hydrogen-bond acceptors (Lipinski definition) is 5. The highest BCUT2D eigenvalue weighted by Crippen LogP contribution is 2.35. The first-order valence-corrected chi connectivity index (χ1v) is 7.55. The van der Waals surface area contributed by atoms with Gasteiger partial charge in [0.05, 0.1) is 15.7 Å². The minimum atomic E-state index is -0.340. The number of phenols is 1. The van der Waals surface area contributed by atoms with Gasteiger partial charge in [0.2, 0.25) is 0 Å². The summed E-state index contributed by atoms with van der Waals surface area (Å²) in [6.07, 6.45) is 0. The molecule has 1 aromatic carbocycles. The first kappa shape index (κ1) is 16.0. The number of phenolic OH excluding ortho intramolecular Hbond substituents is 1. The monoisotopic (exact) mass is 345 g/mol. The Labute approximate surface area is 136 Å². The molecule has 0 bridgehead atoms. The van der Waals surface area contributed by atoms with E-state index < -0.39 is 0 Å². The largest absolute Gasteiger partial charge is 0.505 e. The maximum absolute atomic E-state index is 12.3. The van der Waals surface area contributed by atoms with Crippen LogP contribution in [0.2, 0.25) is 10.0 Å². The number of anilines is 1. The third kappa shape index (κ3) is 3.45. The molecule has 5 nitrogen and oxygen atoms in total. The molecule has 0 aliphatic rings. The van der Waals surface area contributed by atoms with Crippen molar-refractivity contribution in [1.29, 1.82) is 0 Å². The van der Waals surface area contributed by atoms with Gasteiger partial charge in [0, 0.05) is 11.1 Å². The number of carbonyl (C=O) groups is 1. The predicted molar refractivity (Wildman–Crippen MR) is 84.7 cm³/mol. The fraction of sp³-hybridized carbons (Fsp3) is 0.308. The van der Waals surface area contributed by atoms with Crippen molar-refractivity contribution < 1.29 is 9.90 Å². The lowest BCUT2D eigenvalue weighted by molar-refractivity contribution is 0.102. The van der Waals surface area contributed by atoms with Gasteiger partial charge in [-0.1, -0.05) is 48.5 Å². The second kappa shape index (κ2) is 5.79. The van der Waals surface area contributed by atoms with Crippen molar-refractivity contribution in [2.75, 3.05) is 5.32 Å². The maximum atomic E-state index is 12.3. The molecule has 2 N–H and O–H groups in total. The summed E-state index contributed by atoms with van der Waals surface area (Å²) >= 11 is 12.7. The van der Waals surface area contributed by atoms with E-state index in [4.69, 9.17) is 23.2 Å². The van der Waals surface area contributed by atoms with E-state index in [2.05, 4.69) is 14.9 Å². The molecule has 1 aromatic heterocycles. The molecule has 112 valence electrons. The van der Waals surface area contributed by atoms with Gasteiger partial charge in [-0.15, -0.1) is 5.10 Å². The van der Waals surface area contributed by atoms with Crippen molar-refractivity contribution in [2.24, 2.45) is 0 Å². The molecule has 0 unspecified atom stereocenters. The summed E-state index contributed by atoms with van der Waals surface area (Å²) in [6.45, 7) is 5.86. The lowest BCUT2D eigenvalue weighted by Crippen LogP contribution is -2.19. The van der Waals surface area contributed by atoms with Crippen LogP contribution in [0.1, 0.15) is 36.1 Å². The van der Waals surface area contributed by atoms with E-state index in [-0.39, 0.29) is 27.1 Å². The highest BCUT2D eigenvalue weighted by Gasteiger charge is 2.26. The normalized spacial score (nSPS) is 11.5. The molecule has 21 heavy (non-hydrogen) atoms. The van der Waals surface area contributed by atoms with Crippen LogP contribution in [0.15, 0.2) is 12.1 Å². The molecule has 0 aliphatic heterocycles. The van der Waals surface area contributed by atoms with Gasteiger partial charge in [-0.25, -0.2) is 0 Å².